The molecule has 184 valence electrons. The molecule has 1 amide bonds. The Bertz CT molecular complexity index is 1440. The van der Waals surface area contributed by atoms with Gasteiger partial charge in [-0.15, -0.1) is 0 Å². The molecule has 0 unspecified atom stereocenters. The summed E-state index contributed by atoms with van der Waals surface area (Å²) < 4.78 is 28.6. The van der Waals surface area contributed by atoms with Gasteiger partial charge in [0.25, 0.3) is 5.91 Å². The van der Waals surface area contributed by atoms with Crippen LogP contribution in [0.3, 0.4) is 0 Å². The third-order valence-electron chi connectivity index (χ3n) is 6.19. The third-order valence-corrected chi connectivity index (χ3v) is 6.50. The molecule has 0 bridgehead atoms. The molecule has 1 aliphatic rings. The Kier molecular flexibility index (Phi) is 6.42. The molecule has 0 aliphatic carbocycles. The van der Waals surface area contributed by atoms with E-state index in [4.69, 9.17) is 11.6 Å². The normalized spacial score (nSPS) is 14.0. The van der Waals surface area contributed by atoms with Crippen molar-refractivity contribution in [3.63, 3.8) is 0 Å². The number of rotatable bonds is 6. The summed E-state index contributed by atoms with van der Waals surface area (Å²) in [5.74, 6) is -0.788. The largest absolute Gasteiger partial charge is 0.394 e. The lowest BCUT2D eigenvalue weighted by Gasteiger charge is -2.34. The average Bonchev–Trinajstić information content (AvgIpc) is 3.30. The van der Waals surface area contributed by atoms with E-state index in [1.165, 1.54) is 30.3 Å². The Hall–Kier alpha value is -3.82. The van der Waals surface area contributed by atoms with Crippen LogP contribution in [-0.2, 0) is 6.54 Å². The summed E-state index contributed by atoms with van der Waals surface area (Å²) in [6.45, 7) is 2.50. The van der Waals surface area contributed by atoms with Crippen molar-refractivity contribution in [3.8, 4) is 11.3 Å². The first-order chi connectivity index (χ1) is 17.3. The molecule has 2 aromatic carbocycles. The highest BCUT2D eigenvalue weighted by molar-refractivity contribution is 6.33. The van der Waals surface area contributed by atoms with E-state index in [9.17, 15) is 18.7 Å². The summed E-state index contributed by atoms with van der Waals surface area (Å²) in [5.41, 5.74) is 3.75. The fourth-order valence-electron chi connectivity index (χ4n) is 4.34. The van der Waals surface area contributed by atoms with Gasteiger partial charge in [-0.25, -0.2) is 18.7 Å². The summed E-state index contributed by atoms with van der Waals surface area (Å²) in [7, 11) is 0. The average molecular weight is 510 g/mol. The summed E-state index contributed by atoms with van der Waals surface area (Å²) in [6.07, 6.45) is 3.52. The highest BCUT2D eigenvalue weighted by Crippen LogP contribution is 2.31. The van der Waals surface area contributed by atoms with E-state index in [0.29, 0.717) is 35.7 Å². The van der Waals surface area contributed by atoms with Crippen LogP contribution in [-0.4, -0.2) is 43.6 Å². The van der Waals surface area contributed by atoms with Crippen LogP contribution in [0.1, 0.15) is 27.7 Å². The lowest BCUT2D eigenvalue weighted by molar-refractivity contribution is 0.0526. The van der Waals surface area contributed by atoms with E-state index in [1.54, 1.807) is 29.3 Å². The van der Waals surface area contributed by atoms with Crippen LogP contribution >= 0.6 is 11.6 Å². The SMILES string of the molecule is Cc1cnc(Nc2ccc(F)cc2Cl)nc1-c1cc2n(c1)CCN([C@H](CO)c1ccc(F)cc1)C2=O. The zero-order valence-corrected chi connectivity index (χ0v) is 20.0. The Morgan fingerprint density at radius 2 is 1.86 bits per heavy atom. The standard InChI is InChI=1S/C26H22ClF2N5O2/c1-15-12-30-26(31-21-7-6-19(29)11-20(21)27)32-24(15)17-10-22-25(36)34(9-8-33(22)13-17)23(14-35)16-2-4-18(28)5-3-16/h2-7,10-13,23,35H,8-9,14H2,1H3,(H,30,31,32)/t23-/m1/s1. The van der Waals surface area contributed by atoms with E-state index >= 15 is 0 Å². The Labute approximate surface area is 211 Å². The number of carbonyl (C=O) groups is 1. The van der Waals surface area contributed by atoms with Crippen LogP contribution in [0.4, 0.5) is 20.4 Å². The fraction of sp³-hybridized carbons (Fsp3) is 0.192. The number of nitrogens with zero attached hydrogens (tertiary/aromatic N) is 4. The second-order valence-corrected chi connectivity index (χ2v) is 8.94. The lowest BCUT2D eigenvalue weighted by Crippen LogP contribution is -2.43. The first kappa shape index (κ1) is 23.9. The first-order valence-electron chi connectivity index (χ1n) is 11.3. The predicted molar refractivity (Wildman–Crippen MR) is 132 cm³/mol. The van der Waals surface area contributed by atoms with E-state index in [2.05, 4.69) is 15.3 Å². The number of aliphatic hydroxyl groups excluding tert-OH is 1. The van der Waals surface area contributed by atoms with Gasteiger partial charge in [0.15, 0.2) is 0 Å². The molecule has 4 aromatic rings. The summed E-state index contributed by atoms with van der Waals surface area (Å²) in [5, 5.41) is 13.2. The van der Waals surface area contributed by atoms with Crippen molar-refractivity contribution in [1.82, 2.24) is 19.4 Å². The minimum Gasteiger partial charge on any atom is -0.394 e. The molecule has 10 heteroatoms. The molecule has 0 fully saturated rings. The number of aromatic nitrogens is 3. The Balaban J connectivity index is 1.43. The molecule has 2 aromatic heterocycles. The molecule has 5 rings (SSSR count). The number of fused-ring (bicyclic) bond motifs is 1. The van der Waals surface area contributed by atoms with E-state index in [-0.39, 0.29) is 29.3 Å². The van der Waals surface area contributed by atoms with Gasteiger partial charge in [0.05, 0.1) is 29.1 Å². The van der Waals surface area contributed by atoms with Gasteiger partial charge in [-0.05, 0) is 54.4 Å². The van der Waals surface area contributed by atoms with Crippen molar-refractivity contribution in [2.45, 2.75) is 19.5 Å². The molecular formula is C26H22ClF2N5O2. The highest BCUT2D eigenvalue weighted by atomic mass is 35.5. The zero-order valence-electron chi connectivity index (χ0n) is 19.3. The number of hydrogen-bond donors (Lipinski definition) is 2. The number of nitrogens with one attached hydrogen (secondary N) is 1. The number of aryl methyl sites for hydroxylation is 1. The molecule has 0 spiro atoms. The van der Waals surface area contributed by atoms with Crippen LogP contribution < -0.4 is 5.32 Å². The molecule has 0 saturated carbocycles. The molecule has 0 radical (unpaired) electrons. The molecule has 7 nitrogen and oxygen atoms in total. The Morgan fingerprint density at radius 1 is 1.11 bits per heavy atom. The Morgan fingerprint density at radius 3 is 2.58 bits per heavy atom. The van der Waals surface area contributed by atoms with Gasteiger partial charge in [0.1, 0.15) is 17.3 Å². The van der Waals surface area contributed by atoms with Gasteiger partial charge in [-0.1, -0.05) is 23.7 Å². The van der Waals surface area contributed by atoms with Crippen LogP contribution in [0.15, 0.2) is 60.9 Å². The van der Waals surface area contributed by atoms with Crippen LogP contribution in [0.5, 0.6) is 0 Å². The smallest absolute Gasteiger partial charge is 0.271 e. The lowest BCUT2D eigenvalue weighted by atomic mass is 10.0. The maximum absolute atomic E-state index is 13.4. The van der Waals surface area contributed by atoms with Crippen LogP contribution in [0.25, 0.3) is 11.3 Å². The van der Waals surface area contributed by atoms with E-state index in [0.717, 1.165) is 11.1 Å². The van der Waals surface area contributed by atoms with E-state index in [1.807, 2.05) is 17.7 Å². The maximum Gasteiger partial charge on any atom is 0.271 e. The molecule has 2 N–H and O–H groups in total. The van der Waals surface area contributed by atoms with Crippen molar-refractivity contribution in [1.29, 1.82) is 0 Å². The third kappa shape index (κ3) is 4.55. The minimum absolute atomic E-state index is 0.199. The number of benzene rings is 2. The minimum atomic E-state index is -0.581. The van der Waals surface area contributed by atoms with Gasteiger partial charge in [0.2, 0.25) is 5.95 Å². The molecule has 36 heavy (non-hydrogen) atoms. The summed E-state index contributed by atoms with van der Waals surface area (Å²) in [4.78, 5) is 23.9. The predicted octanol–water partition coefficient (Wildman–Crippen LogP) is 5.12. The summed E-state index contributed by atoms with van der Waals surface area (Å²) in [6, 6.07) is 11.0. The van der Waals surface area contributed by atoms with Gasteiger partial charge in [0, 0.05) is 31.0 Å². The number of anilines is 2. The van der Waals surface area contributed by atoms with Crippen molar-refractivity contribution in [3.05, 3.63) is 94.4 Å². The number of carbonyl (C=O) groups excluding carboxylic acids is 1. The molecule has 3 heterocycles. The number of halogens is 3. The van der Waals surface area contributed by atoms with Crippen molar-refractivity contribution < 1.29 is 18.7 Å². The highest BCUT2D eigenvalue weighted by Gasteiger charge is 2.31. The fourth-order valence-corrected chi connectivity index (χ4v) is 4.55. The monoisotopic (exact) mass is 509 g/mol. The molecular weight excluding hydrogens is 488 g/mol. The maximum atomic E-state index is 13.4. The molecule has 0 saturated heterocycles. The van der Waals surface area contributed by atoms with Gasteiger partial charge >= 0.3 is 0 Å². The molecule has 1 aliphatic heterocycles. The van der Waals surface area contributed by atoms with Gasteiger partial charge in [-0.3, -0.25) is 4.79 Å². The second-order valence-electron chi connectivity index (χ2n) is 8.53. The van der Waals surface area contributed by atoms with Crippen molar-refractivity contribution >= 4 is 29.1 Å². The number of hydrogen-bond acceptors (Lipinski definition) is 5. The summed E-state index contributed by atoms with van der Waals surface area (Å²) >= 11 is 6.12. The second kappa shape index (κ2) is 9.67. The molecule has 1 atom stereocenters. The van der Waals surface area contributed by atoms with Crippen LogP contribution in [0, 0.1) is 18.6 Å². The van der Waals surface area contributed by atoms with E-state index < -0.39 is 11.9 Å². The van der Waals surface area contributed by atoms with Gasteiger partial charge in [-0.2, -0.15) is 0 Å². The topological polar surface area (TPSA) is 83.3 Å². The quantitative estimate of drug-likeness (QED) is 0.377. The number of aliphatic hydroxyl groups is 1. The first-order valence-corrected chi connectivity index (χ1v) is 11.7. The van der Waals surface area contributed by atoms with Crippen LogP contribution in [0.2, 0.25) is 5.02 Å². The number of amides is 1. The van der Waals surface area contributed by atoms with Crippen molar-refractivity contribution in [2.75, 3.05) is 18.5 Å². The van der Waals surface area contributed by atoms with Crippen molar-refractivity contribution in [2.24, 2.45) is 0 Å². The van der Waals surface area contributed by atoms with Gasteiger partial charge < -0.3 is 19.9 Å². The zero-order chi connectivity index (χ0) is 25.4.